The molecule has 0 saturated heterocycles. The lowest BCUT2D eigenvalue weighted by molar-refractivity contribution is 0.445. The first-order valence-electron chi connectivity index (χ1n) is 5.93. The summed E-state index contributed by atoms with van der Waals surface area (Å²) >= 11 is 0. The van der Waals surface area contributed by atoms with Crippen molar-refractivity contribution in [3.63, 3.8) is 0 Å². The van der Waals surface area contributed by atoms with Gasteiger partial charge in [0.15, 0.2) is 0 Å². The Hall–Kier alpha value is -2.17. The zero-order chi connectivity index (χ0) is 14.0. The lowest BCUT2D eigenvalue weighted by Crippen LogP contribution is -2.17. The second-order valence-electron chi connectivity index (χ2n) is 5.26. The summed E-state index contributed by atoms with van der Waals surface area (Å²) in [6.45, 7) is 5.97. The highest BCUT2D eigenvalue weighted by Crippen LogP contribution is 2.25. The summed E-state index contributed by atoms with van der Waals surface area (Å²) in [5.74, 6) is 1.48. The molecule has 0 aliphatic carbocycles. The Balaban J connectivity index is 2.30. The summed E-state index contributed by atoms with van der Waals surface area (Å²) in [7, 11) is 0. The average Bonchev–Trinajstić information content (AvgIpc) is 2.30. The SMILES string of the molecule is CC(C)(C)c1nc(N)cc(Oc2ccc(F)cc2)n1. The monoisotopic (exact) mass is 261 g/mol. The molecule has 0 radical (unpaired) electrons. The van der Waals surface area contributed by atoms with E-state index in [-0.39, 0.29) is 11.2 Å². The molecule has 1 aromatic carbocycles. The molecule has 0 unspecified atom stereocenters. The van der Waals surface area contributed by atoms with E-state index in [1.165, 1.54) is 24.3 Å². The van der Waals surface area contributed by atoms with Gasteiger partial charge in [0.1, 0.15) is 23.2 Å². The van der Waals surface area contributed by atoms with Crippen LogP contribution in [0.15, 0.2) is 30.3 Å². The number of anilines is 1. The zero-order valence-electron chi connectivity index (χ0n) is 11.1. The van der Waals surface area contributed by atoms with Gasteiger partial charge < -0.3 is 10.5 Å². The topological polar surface area (TPSA) is 61.0 Å². The van der Waals surface area contributed by atoms with Gasteiger partial charge in [-0.05, 0) is 24.3 Å². The molecule has 2 aromatic rings. The van der Waals surface area contributed by atoms with Crippen LogP contribution in [0.25, 0.3) is 0 Å². The average molecular weight is 261 g/mol. The van der Waals surface area contributed by atoms with E-state index in [9.17, 15) is 4.39 Å². The third kappa shape index (κ3) is 3.40. The molecule has 100 valence electrons. The summed E-state index contributed by atoms with van der Waals surface area (Å²) in [6.07, 6.45) is 0. The quantitative estimate of drug-likeness (QED) is 0.901. The summed E-state index contributed by atoms with van der Waals surface area (Å²) in [5.41, 5.74) is 5.52. The van der Waals surface area contributed by atoms with Gasteiger partial charge in [-0.3, -0.25) is 0 Å². The largest absolute Gasteiger partial charge is 0.439 e. The van der Waals surface area contributed by atoms with Crippen molar-refractivity contribution >= 4 is 5.82 Å². The first kappa shape index (κ1) is 13.3. The molecule has 0 amide bonds. The van der Waals surface area contributed by atoms with Gasteiger partial charge in [0.05, 0.1) is 0 Å². The van der Waals surface area contributed by atoms with E-state index in [1.807, 2.05) is 20.8 Å². The molecule has 1 heterocycles. The number of rotatable bonds is 2. The molecule has 0 aliphatic rings. The molecule has 5 heteroatoms. The van der Waals surface area contributed by atoms with E-state index < -0.39 is 0 Å². The van der Waals surface area contributed by atoms with Crippen molar-refractivity contribution in [3.8, 4) is 11.6 Å². The maximum atomic E-state index is 12.8. The summed E-state index contributed by atoms with van der Waals surface area (Å²) in [6, 6.07) is 7.25. The minimum Gasteiger partial charge on any atom is -0.439 e. The Morgan fingerprint density at radius 2 is 1.74 bits per heavy atom. The van der Waals surface area contributed by atoms with Crippen molar-refractivity contribution in [2.24, 2.45) is 0 Å². The number of nitrogens with two attached hydrogens (primary N) is 1. The molecular weight excluding hydrogens is 245 g/mol. The third-order valence-corrected chi connectivity index (χ3v) is 2.43. The van der Waals surface area contributed by atoms with Gasteiger partial charge in [0, 0.05) is 11.5 Å². The predicted octanol–water partition coefficient (Wildman–Crippen LogP) is 3.29. The van der Waals surface area contributed by atoms with E-state index in [1.54, 1.807) is 6.07 Å². The highest BCUT2D eigenvalue weighted by atomic mass is 19.1. The molecule has 2 rings (SSSR count). The van der Waals surface area contributed by atoms with Gasteiger partial charge in [0.25, 0.3) is 0 Å². The van der Waals surface area contributed by atoms with Crippen LogP contribution in [0.1, 0.15) is 26.6 Å². The Kier molecular flexibility index (Phi) is 3.38. The van der Waals surface area contributed by atoms with Gasteiger partial charge in [-0.2, -0.15) is 4.98 Å². The fourth-order valence-corrected chi connectivity index (χ4v) is 1.45. The first-order valence-corrected chi connectivity index (χ1v) is 5.93. The van der Waals surface area contributed by atoms with Crippen LogP contribution < -0.4 is 10.5 Å². The fourth-order valence-electron chi connectivity index (χ4n) is 1.45. The number of ether oxygens (including phenoxy) is 1. The Labute approximate surface area is 111 Å². The summed E-state index contributed by atoms with van der Waals surface area (Å²) < 4.78 is 18.4. The van der Waals surface area contributed by atoms with E-state index in [4.69, 9.17) is 10.5 Å². The fraction of sp³-hybridized carbons (Fsp3) is 0.286. The highest BCUT2D eigenvalue weighted by Gasteiger charge is 2.19. The number of benzene rings is 1. The van der Waals surface area contributed by atoms with Crippen LogP contribution in [0.3, 0.4) is 0 Å². The van der Waals surface area contributed by atoms with Gasteiger partial charge in [-0.1, -0.05) is 20.8 Å². The van der Waals surface area contributed by atoms with Crippen LogP contribution in [0, 0.1) is 5.82 Å². The van der Waals surface area contributed by atoms with Gasteiger partial charge in [-0.25, -0.2) is 9.37 Å². The van der Waals surface area contributed by atoms with Crippen LogP contribution in [0.4, 0.5) is 10.2 Å². The molecule has 0 aliphatic heterocycles. The highest BCUT2D eigenvalue weighted by molar-refractivity contribution is 5.36. The van der Waals surface area contributed by atoms with Gasteiger partial charge in [-0.15, -0.1) is 0 Å². The molecule has 2 N–H and O–H groups in total. The van der Waals surface area contributed by atoms with E-state index >= 15 is 0 Å². The normalized spacial score (nSPS) is 11.4. The van der Waals surface area contributed by atoms with E-state index in [0.29, 0.717) is 23.3 Å². The van der Waals surface area contributed by atoms with Gasteiger partial charge in [0.2, 0.25) is 5.88 Å². The number of hydrogen-bond donors (Lipinski definition) is 1. The number of hydrogen-bond acceptors (Lipinski definition) is 4. The molecule has 0 saturated carbocycles. The Morgan fingerprint density at radius 1 is 1.11 bits per heavy atom. The molecule has 1 aromatic heterocycles. The van der Waals surface area contributed by atoms with Crippen LogP contribution in [0.2, 0.25) is 0 Å². The minimum absolute atomic E-state index is 0.226. The van der Waals surface area contributed by atoms with Gasteiger partial charge >= 0.3 is 0 Å². The maximum absolute atomic E-state index is 12.8. The summed E-state index contributed by atoms with van der Waals surface area (Å²) in [5, 5.41) is 0. The maximum Gasteiger partial charge on any atom is 0.224 e. The molecule has 0 spiro atoms. The zero-order valence-corrected chi connectivity index (χ0v) is 11.1. The molecular formula is C14H16FN3O. The van der Waals surface area contributed by atoms with Crippen LogP contribution in [0.5, 0.6) is 11.6 Å². The Morgan fingerprint density at radius 3 is 2.32 bits per heavy atom. The van der Waals surface area contributed by atoms with Crippen molar-refractivity contribution in [1.82, 2.24) is 9.97 Å². The molecule has 4 nitrogen and oxygen atoms in total. The smallest absolute Gasteiger partial charge is 0.224 e. The second kappa shape index (κ2) is 4.84. The first-order chi connectivity index (χ1) is 8.84. The lowest BCUT2D eigenvalue weighted by atomic mass is 9.96. The standard InChI is InChI=1S/C14H16FN3O/c1-14(2,3)13-17-11(16)8-12(18-13)19-10-6-4-9(15)5-7-10/h4-8H,1-3H3,(H2,16,17,18). The molecule has 0 fully saturated rings. The number of nitrogens with zero attached hydrogens (tertiary/aromatic N) is 2. The molecule has 0 atom stereocenters. The lowest BCUT2D eigenvalue weighted by Gasteiger charge is -2.17. The third-order valence-electron chi connectivity index (χ3n) is 2.43. The van der Waals surface area contributed by atoms with Crippen molar-refractivity contribution in [3.05, 3.63) is 42.0 Å². The predicted molar refractivity (Wildman–Crippen MR) is 71.6 cm³/mol. The number of halogens is 1. The van der Waals surface area contributed by atoms with E-state index in [2.05, 4.69) is 9.97 Å². The minimum atomic E-state index is -0.315. The van der Waals surface area contributed by atoms with Crippen molar-refractivity contribution in [1.29, 1.82) is 0 Å². The number of aromatic nitrogens is 2. The van der Waals surface area contributed by atoms with Crippen LogP contribution in [-0.2, 0) is 5.41 Å². The van der Waals surface area contributed by atoms with Crippen molar-refractivity contribution in [2.75, 3.05) is 5.73 Å². The second-order valence-corrected chi connectivity index (χ2v) is 5.26. The number of nitrogen functional groups attached to an aromatic ring is 1. The van der Waals surface area contributed by atoms with Crippen molar-refractivity contribution < 1.29 is 9.13 Å². The van der Waals surface area contributed by atoms with Crippen molar-refractivity contribution in [2.45, 2.75) is 26.2 Å². The summed E-state index contributed by atoms with van der Waals surface area (Å²) in [4.78, 5) is 8.50. The Bertz CT molecular complexity index is 576. The van der Waals surface area contributed by atoms with Crippen LogP contribution in [-0.4, -0.2) is 9.97 Å². The van der Waals surface area contributed by atoms with E-state index in [0.717, 1.165) is 0 Å². The van der Waals surface area contributed by atoms with Crippen LogP contribution >= 0.6 is 0 Å². The molecule has 19 heavy (non-hydrogen) atoms. The molecule has 0 bridgehead atoms.